The molecule has 2 aliphatic rings. The molecule has 2 fully saturated rings. The second kappa shape index (κ2) is 8.41. The van der Waals surface area contributed by atoms with Crippen LogP contribution in [0.2, 0.25) is 0 Å². The van der Waals surface area contributed by atoms with E-state index in [-0.39, 0.29) is 0 Å². The molecule has 27 heavy (non-hydrogen) atoms. The maximum atomic E-state index is 5.87. The largest absolute Gasteiger partial charge is 0.384 e. The molecule has 0 amide bonds. The lowest BCUT2D eigenvalue weighted by Crippen LogP contribution is -2.52. The van der Waals surface area contributed by atoms with Gasteiger partial charge in [0.15, 0.2) is 0 Å². The van der Waals surface area contributed by atoms with E-state index in [1.54, 1.807) is 0 Å². The van der Waals surface area contributed by atoms with Crippen molar-refractivity contribution in [2.24, 2.45) is 5.92 Å². The van der Waals surface area contributed by atoms with E-state index in [0.717, 1.165) is 17.7 Å². The monoisotopic (exact) mass is 364 g/mol. The summed E-state index contributed by atoms with van der Waals surface area (Å²) in [7, 11) is 2.24. The summed E-state index contributed by atoms with van der Waals surface area (Å²) in [5.41, 5.74) is 9.45. The molecule has 2 aromatic rings. The lowest BCUT2D eigenvalue weighted by atomic mass is 9.79. The van der Waals surface area contributed by atoms with Crippen LogP contribution in [0.15, 0.2) is 42.5 Å². The van der Waals surface area contributed by atoms with Gasteiger partial charge in [-0.3, -0.25) is 4.90 Å². The standard InChI is InChI=1S/C23H32N4/c1-26-12-14-27(15-13-26)22-10-3-2-7-20(22)17-18-6-4-8-19(16-18)21-9-5-11-23(24)25-21/h4-6,8-9,11,16,20,22H,2-3,7,10,12-15,17H2,1H3,(H2,24,25). The summed E-state index contributed by atoms with van der Waals surface area (Å²) < 4.78 is 0. The molecule has 4 heteroatoms. The number of hydrogen-bond acceptors (Lipinski definition) is 4. The highest BCUT2D eigenvalue weighted by atomic mass is 15.3. The van der Waals surface area contributed by atoms with Gasteiger partial charge in [-0.1, -0.05) is 37.1 Å². The summed E-state index contributed by atoms with van der Waals surface area (Å²) in [5.74, 6) is 1.35. The quantitative estimate of drug-likeness (QED) is 0.899. The molecule has 2 heterocycles. The molecule has 1 saturated heterocycles. The average Bonchev–Trinajstić information content (AvgIpc) is 2.69. The maximum Gasteiger partial charge on any atom is 0.124 e. The first-order valence-electron chi connectivity index (χ1n) is 10.4. The number of benzene rings is 1. The van der Waals surface area contributed by atoms with Crippen LogP contribution in [0.3, 0.4) is 0 Å². The lowest BCUT2D eigenvalue weighted by Gasteiger charge is -2.43. The van der Waals surface area contributed by atoms with Gasteiger partial charge in [0.2, 0.25) is 0 Å². The molecule has 2 N–H and O–H groups in total. The highest BCUT2D eigenvalue weighted by molar-refractivity contribution is 5.61. The van der Waals surface area contributed by atoms with Crippen molar-refractivity contribution in [3.05, 3.63) is 48.0 Å². The Balaban J connectivity index is 1.49. The molecule has 1 aliphatic carbocycles. The minimum atomic E-state index is 0.584. The van der Waals surface area contributed by atoms with Crippen molar-refractivity contribution in [2.45, 2.75) is 38.1 Å². The van der Waals surface area contributed by atoms with Crippen molar-refractivity contribution >= 4 is 5.82 Å². The number of nitrogens with zero attached hydrogens (tertiary/aromatic N) is 3. The van der Waals surface area contributed by atoms with Crippen molar-refractivity contribution in [3.63, 3.8) is 0 Å². The fourth-order valence-corrected chi connectivity index (χ4v) is 4.83. The third-order valence-corrected chi connectivity index (χ3v) is 6.37. The number of hydrogen-bond donors (Lipinski definition) is 1. The zero-order chi connectivity index (χ0) is 18.6. The third-order valence-electron chi connectivity index (χ3n) is 6.37. The van der Waals surface area contributed by atoms with Crippen LogP contribution in [-0.4, -0.2) is 54.1 Å². The van der Waals surface area contributed by atoms with Crippen LogP contribution in [0.1, 0.15) is 31.2 Å². The van der Waals surface area contributed by atoms with Crippen LogP contribution in [0.4, 0.5) is 5.82 Å². The number of piperazine rings is 1. The molecule has 144 valence electrons. The van der Waals surface area contributed by atoms with Gasteiger partial charge in [0, 0.05) is 37.8 Å². The normalized spacial score (nSPS) is 24.8. The Labute approximate surface area is 163 Å². The van der Waals surface area contributed by atoms with Gasteiger partial charge in [0.25, 0.3) is 0 Å². The molecule has 0 bridgehead atoms. The van der Waals surface area contributed by atoms with E-state index in [4.69, 9.17) is 5.73 Å². The average molecular weight is 365 g/mol. The number of aromatic nitrogens is 1. The molecule has 1 saturated carbocycles. The SMILES string of the molecule is CN1CCN(C2CCCCC2Cc2cccc(-c3cccc(N)n3)c2)CC1. The Morgan fingerprint density at radius 1 is 1.00 bits per heavy atom. The zero-order valence-corrected chi connectivity index (χ0v) is 16.5. The van der Waals surface area contributed by atoms with Gasteiger partial charge in [-0.25, -0.2) is 4.98 Å². The number of nitrogens with two attached hydrogens (primary N) is 1. The second-order valence-electron chi connectivity index (χ2n) is 8.30. The summed E-state index contributed by atoms with van der Waals surface area (Å²) in [6.45, 7) is 4.87. The predicted molar refractivity (Wildman–Crippen MR) is 113 cm³/mol. The van der Waals surface area contributed by atoms with E-state index in [2.05, 4.69) is 46.1 Å². The topological polar surface area (TPSA) is 45.4 Å². The first-order chi connectivity index (χ1) is 13.2. The minimum absolute atomic E-state index is 0.584. The molecule has 2 atom stereocenters. The van der Waals surface area contributed by atoms with Gasteiger partial charge in [-0.2, -0.15) is 0 Å². The van der Waals surface area contributed by atoms with Crippen LogP contribution in [0.25, 0.3) is 11.3 Å². The van der Waals surface area contributed by atoms with E-state index >= 15 is 0 Å². The van der Waals surface area contributed by atoms with Crippen LogP contribution in [0, 0.1) is 5.92 Å². The number of pyridine rings is 1. The fraction of sp³-hybridized carbons (Fsp3) is 0.522. The predicted octanol–water partition coefficient (Wildman–Crippen LogP) is 3.68. The zero-order valence-electron chi connectivity index (χ0n) is 16.5. The molecule has 1 aromatic carbocycles. The van der Waals surface area contributed by atoms with E-state index in [1.807, 2.05) is 18.2 Å². The van der Waals surface area contributed by atoms with Gasteiger partial charge in [0.1, 0.15) is 5.82 Å². The molecular formula is C23H32N4. The number of rotatable bonds is 4. The van der Waals surface area contributed by atoms with Gasteiger partial charge in [-0.05, 0) is 56.0 Å². The minimum Gasteiger partial charge on any atom is -0.384 e. The Morgan fingerprint density at radius 3 is 2.59 bits per heavy atom. The second-order valence-corrected chi connectivity index (χ2v) is 8.30. The first-order valence-corrected chi connectivity index (χ1v) is 10.4. The van der Waals surface area contributed by atoms with E-state index in [0.29, 0.717) is 5.82 Å². The summed E-state index contributed by atoms with van der Waals surface area (Å²) in [5, 5.41) is 0. The maximum absolute atomic E-state index is 5.87. The van der Waals surface area contributed by atoms with Crippen molar-refractivity contribution in [2.75, 3.05) is 39.0 Å². The molecule has 2 unspecified atom stereocenters. The van der Waals surface area contributed by atoms with Crippen molar-refractivity contribution in [1.29, 1.82) is 0 Å². The number of nitrogen functional groups attached to an aromatic ring is 1. The van der Waals surface area contributed by atoms with Crippen molar-refractivity contribution in [1.82, 2.24) is 14.8 Å². The summed E-state index contributed by atoms with van der Waals surface area (Å²) in [4.78, 5) is 9.72. The molecular weight excluding hydrogens is 332 g/mol. The van der Waals surface area contributed by atoms with Crippen LogP contribution in [-0.2, 0) is 6.42 Å². The van der Waals surface area contributed by atoms with Crippen molar-refractivity contribution < 1.29 is 0 Å². The smallest absolute Gasteiger partial charge is 0.124 e. The van der Waals surface area contributed by atoms with Gasteiger partial charge >= 0.3 is 0 Å². The van der Waals surface area contributed by atoms with Crippen LogP contribution < -0.4 is 5.73 Å². The van der Waals surface area contributed by atoms with Gasteiger partial charge in [0.05, 0.1) is 5.69 Å². The molecule has 4 rings (SSSR count). The highest BCUT2D eigenvalue weighted by Gasteiger charge is 2.31. The van der Waals surface area contributed by atoms with E-state index < -0.39 is 0 Å². The fourth-order valence-electron chi connectivity index (χ4n) is 4.83. The summed E-state index contributed by atoms with van der Waals surface area (Å²) in [6.07, 6.45) is 6.67. The van der Waals surface area contributed by atoms with Crippen LogP contribution in [0.5, 0.6) is 0 Å². The molecule has 1 aromatic heterocycles. The number of anilines is 1. The molecule has 4 nitrogen and oxygen atoms in total. The summed E-state index contributed by atoms with van der Waals surface area (Å²) >= 11 is 0. The van der Waals surface area contributed by atoms with Crippen LogP contribution >= 0.6 is 0 Å². The molecule has 0 radical (unpaired) electrons. The lowest BCUT2D eigenvalue weighted by molar-refractivity contribution is 0.0580. The Bertz CT molecular complexity index is 752. The Kier molecular flexibility index (Phi) is 5.74. The van der Waals surface area contributed by atoms with Gasteiger partial charge in [-0.15, -0.1) is 0 Å². The first kappa shape index (κ1) is 18.5. The summed E-state index contributed by atoms with van der Waals surface area (Å²) in [6, 6.07) is 15.5. The van der Waals surface area contributed by atoms with Crippen molar-refractivity contribution in [3.8, 4) is 11.3 Å². The number of likely N-dealkylation sites (N-methyl/N-ethyl adjacent to an activating group) is 1. The van der Waals surface area contributed by atoms with Gasteiger partial charge < -0.3 is 10.6 Å². The van der Waals surface area contributed by atoms with E-state index in [1.165, 1.54) is 69.4 Å². The third kappa shape index (κ3) is 4.50. The Morgan fingerprint density at radius 2 is 1.78 bits per heavy atom. The molecule has 1 aliphatic heterocycles. The van der Waals surface area contributed by atoms with E-state index in [9.17, 15) is 0 Å². The Hall–Kier alpha value is -1.91. The molecule has 0 spiro atoms. The highest BCUT2D eigenvalue weighted by Crippen LogP contribution is 2.32.